The molecule has 1 saturated carbocycles. The van der Waals surface area contributed by atoms with Crippen molar-refractivity contribution in [3.63, 3.8) is 0 Å². The Balaban J connectivity index is 2.08. The molecule has 0 amide bonds. The number of aromatic nitrogens is 2. The number of nitrogens with zero attached hydrogens (tertiary/aromatic N) is 2. The van der Waals surface area contributed by atoms with E-state index in [-0.39, 0.29) is 5.75 Å². The van der Waals surface area contributed by atoms with Crippen LogP contribution in [0.5, 0.6) is 0 Å². The molecule has 2 rings (SSSR count). The van der Waals surface area contributed by atoms with Crippen LogP contribution in [0.2, 0.25) is 0 Å². The van der Waals surface area contributed by atoms with E-state index in [1.807, 2.05) is 13.1 Å². The summed E-state index contributed by atoms with van der Waals surface area (Å²) in [5, 5.41) is 9.51. The van der Waals surface area contributed by atoms with Gasteiger partial charge in [0.25, 0.3) is 0 Å². The highest BCUT2D eigenvalue weighted by Crippen LogP contribution is 2.39. The minimum absolute atomic E-state index is 0.0821. The van der Waals surface area contributed by atoms with Gasteiger partial charge in [-0.1, -0.05) is 18.7 Å². The van der Waals surface area contributed by atoms with Crippen molar-refractivity contribution >= 4 is 17.7 Å². The normalized spacial score (nSPS) is 24.1. The molecule has 0 aromatic carbocycles. The zero-order chi connectivity index (χ0) is 11.7. The summed E-state index contributed by atoms with van der Waals surface area (Å²) in [6.45, 7) is 4.19. The number of thioether (sulfide) groups is 1. The van der Waals surface area contributed by atoms with Crippen LogP contribution in [0.1, 0.15) is 31.5 Å². The van der Waals surface area contributed by atoms with Crippen LogP contribution < -0.4 is 0 Å². The number of carboxylic acids is 1. The third kappa shape index (κ3) is 2.40. The third-order valence-electron chi connectivity index (χ3n) is 2.89. The summed E-state index contributed by atoms with van der Waals surface area (Å²) in [5.41, 5.74) is 0.965. The van der Waals surface area contributed by atoms with E-state index in [2.05, 4.69) is 16.5 Å². The van der Waals surface area contributed by atoms with Crippen molar-refractivity contribution in [2.45, 2.75) is 37.9 Å². The zero-order valence-electron chi connectivity index (χ0n) is 9.51. The Morgan fingerprint density at radius 1 is 1.69 bits per heavy atom. The van der Waals surface area contributed by atoms with Gasteiger partial charge < -0.3 is 9.67 Å². The lowest BCUT2D eigenvalue weighted by molar-refractivity contribution is -0.133. The number of rotatable bonds is 4. The number of aliphatic carboxylic acids is 1. The van der Waals surface area contributed by atoms with Crippen molar-refractivity contribution in [1.82, 2.24) is 9.55 Å². The van der Waals surface area contributed by atoms with Crippen molar-refractivity contribution in [2.75, 3.05) is 5.75 Å². The molecule has 0 radical (unpaired) electrons. The van der Waals surface area contributed by atoms with Crippen molar-refractivity contribution in [3.8, 4) is 0 Å². The van der Waals surface area contributed by atoms with Crippen LogP contribution in [0.15, 0.2) is 11.4 Å². The van der Waals surface area contributed by atoms with Crippen molar-refractivity contribution in [3.05, 3.63) is 11.9 Å². The van der Waals surface area contributed by atoms with Gasteiger partial charge in [0, 0.05) is 12.2 Å². The van der Waals surface area contributed by atoms with E-state index < -0.39 is 5.97 Å². The fourth-order valence-electron chi connectivity index (χ4n) is 2.08. The molecule has 1 aromatic rings. The highest BCUT2D eigenvalue weighted by atomic mass is 32.2. The van der Waals surface area contributed by atoms with Crippen LogP contribution in [0.3, 0.4) is 0 Å². The van der Waals surface area contributed by atoms with Crippen LogP contribution in [-0.2, 0) is 4.79 Å². The third-order valence-corrected chi connectivity index (χ3v) is 3.84. The number of imidazole rings is 1. The first-order valence-corrected chi connectivity index (χ1v) is 6.45. The van der Waals surface area contributed by atoms with E-state index in [0.717, 1.165) is 16.8 Å². The lowest BCUT2D eigenvalue weighted by atomic mass is 9.82. The average molecular weight is 240 g/mol. The lowest BCUT2D eigenvalue weighted by Gasteiger charge is -2.34. The maximum Gasteiger partial charge on any atom is 0.313 e. The second-order valence-corrected chi connectivity index (χ2v) is 5.43. The highest BCUT2D eigenvalue weighted by Gasteiger charge is 2.28. The van der Waals surface area contributed by atoms with Gasteiger partial charge in [-0.2, -0.15) is 0 Å². The van der Waals surface area contributed by atoms with E-state index in [0.29, 0.717) is 6.04 Å². The average Bonchev–Trinajstić information content (AvgIpc) is 2.51. The summed E-state index contributed by atoms with van der Waals surface area (Å²) in [6, 6.07) is 0.521. The molecule has 0 spiro atoms. The topological polar surface area (TPSA) is 55.1 Å². The SMILES string of the molecule is Cc1cn(C2CC(C)C2)c(SCC(=O)O)n1. The number of carbonyl (C=O) groups is 1. The minimum Gasteiger partial charge on any atom is -0.481 e. The molecule has 0 unspecified atom stereocenters. The summed E-state index contributed by atoms with van der Waals surface area (Å²) >= 11 is 1.31. The van der Waals surface area contributed by atoms with Gasteiger partial charge in [-0.25, -0.2) is 4.98 Å². The molecule has 1 heterocycles. The fourth-order valence-corrected chi connectivity index (χ4v) is 2.89. The molecule has 1 aliphatic rings. The molecule has 1 fully saturated rings. The van der Waals surface area contributed by atoms with Gasteiger partial charge in [0.05, 0.1) is 11.4 Å². The molecule has 0 atom stereocenters. The number of aryl methyl sites for hydroxylation is 1. The summed E-state index contributed by atoms with van der Waals surface area (Å²) in [4.78, 5) is 14.9. The van der Waals surface area contributed by atoms with Gasteiger partial charge in [-0.05, 0) is 25.7 Å². The molecular formula is C11H16N2O2S. The molecule has 1 N–H and O–H groups in total. The minimum atomic E-state index is -0.792. The van der Waals surface area contributed by atoms with Gasteiger partial charge in [0.2, 0.25) is 0 Å². The molecule has 16 heavy (non-hydrogen) atoms. The lowest BCUT2D eigenvalue weighted by Crippen LogP contribution is -2.24. The predicted octanol–water partition coefficient (Wildman–Crippen LogP) is 2.34. The van der Waals surface area contributed by atoms with E-state index in [4.69, 9.17) is 5.11 Å². The van der Waals surface area contributed by atoms with Crippen molar-refractivity contribution in [1.29, 1.82) is 0 Å². The standard InChI is InChI=1S/C11H16N2O2S/c1-7-3-9(4-7)13-5-8(2)12-11(13)16-6-10(14)15/h5,7,9H,3-4,6H2,1-2H3,(H,14,15). The van der Waals surface area contributed by atoms with E-state index >= 15 is 0 Å². The van der Waals surface area contributed by atoms with E-state index in [9.17, 15) is 4.79 Å². The summed E-state index contributed by atoms with van der Waals surface area (Å²) in [7, 11) is 0. The smallest absolute Gasteiger partial charge is 0.313 e. The van der Waals surface area contributed by atoms with E-state index in [1.165, 1.54) is 24.6 Å². The number of hydrogen-bond donors (Lipinski definition) is 1. The van der Waals surface area contributed by atoms with Crippen LogP contribution in [0, 0.1) is 12.8 Å². The van der Waals surface area contributed by atoms with Crippen LogP contribution in [0.4, 0.5) is 0 Å². The van der Waals surface area contributed by atoms with Gasteiger partial charge in [-0.15, -0.1) is 0 Å². The Labute approximate surface area is 99.1 Å². The Morgan fingerprint density at radius 2 is 2.38 bits per heavy atom. The highest BCUT2D eigenvalue weighted by molar-refractivity contribution is 7.99. The largest absolute Gasteiger partial charge is 0.481 e. The maximum absolute atomic E-state index is 10.5. The van der Waals surface area contributed by atoms with Gasteiger partial charge in [-0.3, -0.25) is 4.79 Å². The van der Waals surface area contributed by atoms with Crippen LogP contribution >= 0.6 is 11.8 Å². The quantitative estimate of drug-likeness (QED) is 0.821. The number of carboxylic acid groups (broad SMARTS) is 1. The molecule has 1 aromatic heterocycles. The Bertz CT molecular complexity index is 397. The summed E-state index contributed by atoms with van der Waals surface area (Å²) < 4.78 is 2.14. The molecular weight excluding hydrogens is 224 g/mol. The van der Waals surface area contributed by atoms with Crippen molar-refractivity contribution in [2.24, 2.45) is 5.92 Å². The van der Waals surface area contributed by atoms with E-state index in [1.54, 1.807) is 0 Å². The predicted molar refractivity (Wildman–Crippen MR) is 62.8 cm³/mol. The Kier molecular flexibility index (Phi) is 3.23. The van der Waals surface area contributed by atoms with Crippen LogP contribution in [-0.4, -0.2) is 26.4 Å². The van der Waals surface area contributed by atoms with Crippen molar-refractivity contribution < 1.29 is 9.90 Å². The first-order valence-electron chi connectivity index (χ1n) is 5.46. The first kappa shape index (κ1) is 11.5. The zero-order valence-corrected chi connectivity index (χ0v) is 10.3. The second-order valence-electron chi connectivity index (χ2n) is 4.48. The molecule has 0 saturated heterocycles. The molecule has 5 heteroatoms. The second kappa shape index (κ2) is 4.49. The van der Waals surface area contributed by atoms with Crippen LogP contribution in [0.25, 0.3) is 0 Å². The molecule has 1 aliphatic carbocycles. The van der Waals surface area contributed by atoms with Gasteiger partial charge in [0.1, 0.15) is 0 Å². The summed E-state index contributed by atoms with van der Waals surface area (Å²) in [6.07, 6.45) is 4.38. The van der Waals surface area contributed by atoms with Gasteiger partial charge in [0.15, 0.2) is 5.16 Å². The maximum atomic E-state index is 10.5. The fraction of sp³-hybridized carbons (Fsp3) is 0.636. The molecule has 4 nitrogen and oxygen atoms in total. The monoisotopic (exact) mass is 240 g/mol. The summed E-state index contributed by atoms with van der Waals surface area (Å²) in [5.74, 6) is 0.0721. The molecule has 88 valence electrons. The molecule has 0 bridgehead atoms. The Morgan fingerprint density at radius 3 is 2.94 bits per heavy atom. The Hall–Kier alpha value is -0.970. The molecule has 0 aliphatic heterocycles. The first-order chi connectivity index (χ1) is 7.56. The number of hydrogen-bond acceptors (Lipinski definition) is 3. The van der Waals surface area contributed by atoms with Gasteiger partial charge >= 0.3 is 5.97 Å².